The van der Waals surface area contributed by atoms with Crippen molar-refractivity contribution in [3.05, 3.63) is 79.8 Å². The maximum Gasteiger partial charge on any atom is 0.446 e. The van der Waals surface area contributed by atoms with Gasteiger partial charge in [-0.15, -0.1) is 11.3 Å². The molecule has 0 fully saturated rings. The molecule has 0 aliphatic rings. The first-order valence-corrected chi connectivity index (χ1v) is 11.2. The molecule has 0 aliphatic carbocycles. The second-order valence-electron chi connectivity index (χ2n) is 6.83. The smallest absolute Gasteiger partial charge is 0.446 e. The van der Waals surface area contributed by atoms with Crippen LogP contribution in [0.2, 0.25) is 0 Å². The minimum Gasteiger partial charge on any atom is -0.482 e. The average molecular weight is 484 g/mol. The molecular formula is C21H20F3N3O3S2. The lowest BCUT2D eigenvalue weighted by atomic mass is 10.2. The summed E-state index contributed by atoms with van der Waals surface area (Å²) in [5.41, 5.74) is -3.17. The van der Waals surface area contributed by atoms with E-state index in [9.17, 15) is 23.3 Å². The molecule has 3 rings (SSSR count). The van der Waals surface area contributed by atoms with E-state index in [1.807, 2.05) is 13.1 Å². The van der Waals surface area contributed by atoms with Gasteiger partial charge in [-0.3, -0.25) is 10.1 Å². The van der Waals surface area contributed by atoms with E-state index in [1.165, 1.54) is 36.4 Å². The van der Waals surface area contributed by atoms with Crippen molar-refractivity contribution in [3.8, 4) is 5.75 Å². The highest BCUT2D eigenvalue weighted by Crippen LogP contribution is 2.37. The van der Waals surface area contributed by atoms with Gasteiger partial charge < -0.3 is 10.1 Å². The molecule has 170 valence electrons. The molecule has 2 aromatic carbocycles. The largest absolute Gasteiger partial charge is 0.482 e. The van der Waals surface area contributed by atoms with Crippen LogP contribution < -0.4 is 10.1 Å². The van der Waals surface area contributed by atoms with Crippen LogP contribution in [-0.4, -0.2) is 22.0 Å². The van der Waals surface area contributed by atoms with Gasteiger partial charge in [0.2, 0.25) is 0 Å². The molecule has 1 aromatic heterocycles. The topological polar surface area (TPSA) is 77.3 Å². The van der Waals surface area contributed by atoms with E-state index in [0.717, 1.165) is 21.9 Å². The van der Waals surface area contributed by atoms with Crippen LogP contribution in [0.5, 0.6) is 5.75 Å². The van der Waals surface area contributed by atoms with Gasteiger partial charge in [-0.25, -0.2) is 4.98 Å². The van der Waals surface area contributed by atoms with Gasteiger partial charge >= 0.3 is 11.2 Å². The summed E-state index contributed by atoms with van der Waals surface area (Å²) in [5.74, 6) is 0.103. The molecule has 0 bridgehead atoms. The fourth-order valence-corrected chi connectivity index (χ4v) is 4.16. The minimum absolute atomic E-state index is 0.00261. The van der Waals surface area contributed by atoms with E-state index in [-0.39, 0.29) is 34.7 Å². The number of rotatable bonds is 10. The molecule has 0 atom stereocenters. The van der Waals surface area contributed by atoms with E-state index in [0.29, 0.717) is 18.7 Å². The summed E-state index contributed by atoms with van der Waals surface area (Å²) in [6.07, 6.45) is 2.61. The Hall–Kier alpha value is -2.63. The zero-order valence-corrected chi connectivity index (χ0v) is 18.6. The molecule has 11 heteroatoms. The highest BCUT2D eigenvalue weighted by atomic mass is 32.2. The SMILES string of the molecule is Cc1cnc(CCNCc2ccc(OCc3ccc(SC(F)(F)F)cc3)c([N+](=O)[O-])c2)s1. The lowest BCUT2D eigenvalue weighted by molar-refractivity contribution is -0.386. The monoisotopic (exact) mass is 483 g/mol. The van der Waals surface area contributed by atoms with Gasteiger partial charge in [0.25, 0.3) is 0 Å². The molecule has 0 aliphatic heterocycles. The Balaban J connectivity index is 1.55. The fraction of sp³-hybridized carbons (Fsp3) is 0.286. The molecule has 32 heavy (non-hydrogen) atoms. The van der Waals surface area contributed by atoms with Crippen LogP contribution in [0, 0.1) is 17.0 Å². The molecule has 0 radical (unpaired) electrons. The Morgan fingerprint density at radius 1 is 1.19 bits per heavy atom. The Bertz CT molecular complexity index is 1060. The van der Waals surface area contributed by atoms with E-state index in [1.54, 1.807) is 17.4 Å². The number of nitro benzene ring substituents is 1. The van der Waals surface area contributed by atoms with Crippen LogP contribution in [0.3, 0.4) is 0 Å². The van der Waals surface area contributed by atoms with E-state index >= 15 is 0 Å². The average Bonchev–Trinajstić information content (AvgIpc) is 3.15. The Morgan fingerprint density at radius 2 is 1.91 bits per heavy atom. The number of ether oxygens (including phenoxy) is 1. The minimum atomic E-state index is -4.35. The summed E-state index contributed by atoms with van der Waals surface area (Å²) < 4.78 is 42.8. The maximum absolute atomic E-state index is 12.4. The van der Waals surface area contributed by atoms with Crippen molar-refractivity contribution < 1.29 is 22.8 Å². The zero-order valence-electron chi connectivity index (χ0n) is 17.0. The van der Waals surface area contributed by atoms with Crippen LogP contribution in [0.1, 0.15) is 21.0 Å². The maximum atomic E-state index is 12.4. The number of nitrogens with zero attached hydrogens (tertiary/aromatic N) is 2. The van der Waals surface area contributed by atoms with Gasteiger partial charge in [0, 0.05) is 41.5 Å². The molecule has 0 unspecified atom stereocenters. The Labute approximate surface area is 191 Å². The van der Waals surface area contributed by atoms with Crippen molar-refractivity contribution in [2.75, 3.05) is 6.54 Å². The number of halogens is 3. The summed E-state index contributed by atoms with van der Waals surface area (Å²) in [6, 6.07) is 10.4. The second-order valence-corrected chi connectivity index (χ2v) is 9.29. The first kappa shape index (κ1) is 24.0. The van der Waals surface area contributed by atoms with Crippen LogP contribution in [0.15, 0.2) is 53.6 Å². The predicted molar refractivity (Wildman–Crippen MR) is 118 cm³/mol. The lowest BCUT2D eigenvalue weighted by Crippen LogP contribution is -2.16. The number of thioether (sulfide) groups is 1. The van der Waals surface area contributed by atoms with Crippen molar-refractivity contribution in [2.45, 2.75) is 36.9 Å². The second kappa shape index (κ2) is 10.8. The summed E-state index contributed by atoms with van der Waals surface area (Å²) in [5, 5.41) is 15.8. The molecule has 6 nitrogen and oxygen atoms in total. The van der Waals surface area contributed by atoms with Crippen molar-refractivity contribution in [1.82, 2.24) is 10.3 Å². The van der Waals surface area contributed by atoms with Crippen molar-refractivity contribution in [3.63, 3.8) is 0 Å². The number of aromatic nitrogens is 1. The molecule has 1 N–H and O–H groups in total. The van der Waals surface area contributed by atoms with Gasteiger partial charge in [-0.1, -0.05) is 18.2 Å². The highest BCUT2D eigenvalue weighted by Gasteiger charge is 2.29. The molecule has 0 amide bonds. The first-order valence-electron chi connectivity index (χ1n) is 9.56. The highest BCUT2D eigenvalue weighted by molar-refractivity contribution is 8.00. The van der Waals surface area contributed by atoms with Crippen LogP contribution in [-0.2, 0) is 19.6 Å². The third kappa shape index (κ3) is 7.50. The van der Waals surface area contributed by atoms with Crippen LogP contribution in [0.25, 0.3) is 0 Å². The number of nitro groups is 1. The number of benzene rings is 2. The van der Waals surface area contributed by atoms with E-state index < -0.39 is 10.4 Å². The number of thiazole rings is 1. The third-order valence-electron chi connectivity index (χ3n) is 4.29. The summed E-state index contributed by atoms with van der Waals surface area (Å²) >= 11 is 1.44. The van der Waals surface area contributed by atoms with Crippen molar-refractivity contribution >= 4 is 28.8 Å². The third-order valence-corrected chi connectivity index (χ3v) is 6.00. The number of nitrogens with one attached hydrogen (secondary N) is 1. The standard InChI is InChI=1S/C21H20F3N3O3S2/c1-14-11-26-20(31-14)8-9-25-12-16-4-7-19(18(10-16)27(28)29)30-13-15-2-5-17(6-3-15)32-21(22,23)24/h2-7,10-11,25H,8-9,12-13H2,1H3. The van der Waals surface area contributed by atoms with Crippen LogP contribution in [0.4, 0.5) is 18.9 Å². The fourth-order valence-electron chi connectivity index (χ4n) is 2.83. The molecule has 3 aromatic rings. The van der Waals surface area contributed by atoms with Gasteiger partial charge in [-0.05, 0) is 48.0 Å². The Kier molecular flexibility index (Phi) is 8.10. The molecule has 0 saturated heterocycles. The van der Waals surface area contributed by atoms with Gasteiger partial charge in [0.1, 0.15) is 6.61 Å². The molecule has 1 heterocycles. The quantitative estimate of drug-likeness (QED) is 0.168. The molecule has 0 spiro atoms. The van der Waals surface area contributed by atoms with Gasteiger partial charge in [0.15, 0.2) is 5.75 Å². The van der Waals surface area contributed by atoms with E-state index in [2.05, 4.69) is 10.3 Å². The van der Waals surface area contributed by atoms with Gasteiger partial charge in [-0.2, -0.15) is 13.2 Å². The number of hydrogen-bond donors (Lipinski definition) is 1. The normalized spacial score (nSPS) is 11.5. The summed E-state index contributed by atoms with van der Waals surface area (Å²) in [4.78, 5) is 16.5. The number of hydrogen-bond acceptors (Lipinski definition) is 7. The molecule has 0 saturated carbocycles. The van der Waals surface area contributed by atoms with Crippen LogP contribution >= 0.6 is 23.1 Å². The summed E-state index contributed by atoms with van der Waals surface area (Å²) in [7, 11) is 0. The lowest BCUT2D eigenvalue weighted by Gasteiger charge is -2.10. The molecular weight excluding hydrogens is 463 g/mol. The number of aryl methyl sites for hydroxylation is 1. The van der Waals surface area contributed by atoms with E-state index in [4.69, 9.17) is 4.74 Å². The van der Waals surface area contributed by atoms with Gasteiger partial charge in [0.05, 0.1) is 9.93 Å². The first-order chi connectivity index (χ1) is 15.2. The van der Waals surface area contributed by atoms with Crippen molar-refractivity contribution in [2.24, 2.45) is 0 Å². The zero-order chi connectivity index (χ0) is 23.1. The Morgan fingerprint density at radius 3 is 2.53 bits per heavy atom. The summed E-state index contributed by atoms with van der Waals surface area (Å²) in [6.45, 7) is 3.16. The number of alkyl halides is 3. The predicted octanol–water partition coefficient (Wildman–Crippen LogP) is 5.88. The van der Waals surface area contributed by atoms with Crippen molar-refractivity contribution in [1.29, 1.82) is 0 Å².